The van der Waals surface area contributed by atoms with E-state index in [0.29, 0.717) is 17.6 Å². The number of benzene rings is 1. The van der Waals surface area contributed by atoms with Crippen LogP contribution >= 0.6 is 0 Å². The topological polar surface area (TPSA) is 66.6 Å². The molecule has 2 rings (SSSR count). The number of aliphatic hydroxyl groups is 1. The first-order valence-electron chi connectivity index (χ1n) is 6.75. The van der Waals surface area contributed by atoms with Crippen LogP contribution in [0, 0.1) is 10.1 Å². The Bertz CT molecular complexity index is 476. The minimum atomic E-state index is -0.444. The molecule has 2 unspecified atom stereocenters. The maximum Gasteiger partial charge on any atom is 0.275 e. The van der Waals surface area contributed by atoms with Crippen molar-refractivity contribution in [2.75, 3.05) is 4.90 Å². The Morgan fingerprint density at radius 3 is 2.79 bits per heavy atom. The summed E-state index contributed by atoms with van der Waals surface area (Å²) in [6, 6.07) is 5.98. The zero-order chi connectivity index (χ0) is 14.0. The van der Waals surface area contributed by atoms with E-state index in [2.05, 4.69) is 18.7 Å². The number of aliphatic hydroxyl groups excluding tert-OH is 1. The maximum absolute atomic E-state index is 10.9. The Balaban J connectivity index is 2.37. The molecule has 0 amide bonds. The van der Waals surface area contributed by atoms with Gasteiger partial charge in [-0.05, 0) is 38.3 Å². The molecule has 1 aromatic rings. The first kappa shape index (κ1) is 13.8. The molecule has 1 aliphatic rings. The van der Waals surface area contributed by atoms with Gasteiger partial charge < -0.3 is 10.0 Å². The standard InChI is InChI=1S/C14H20N2O3/c1-3-12-5-4-10(2)15(12)13-6-7-14(16(18)19)11(8-13)9-17/h6-8,10,12,17H,3-5,9H2,1-2H3. The highest BCUT2D eigenvalue weighted by atomic mass is 16.6. The molecule has 1 saturated heterocycles. The van der Waals surface area contributed by atoms with Crippen LogP contribution in [-0.4, -0.2) is 22.1 Å². The highest BCUT2D eigenvalue weighted by molar-refractivity contribution is 5.57. The molecule has 0 aromatic heterocycles. The van der Waals surface area contributed by atoms with E-state index in [1.54, 1.807) is 12.1 Å². The molecule has 1 heterocycles. The third-order valence-electron chi connectivity index (χ3n) is 3.99. The van der Waals surface area contributed by atoms with Gasteiger partial charge in [-0.1, -0.05) is 6.92 Å². The molecule has 0 radical (unpaired) electrons. The Morgan fingerprint density at radius 2 is 2.21 bits per heavy atom. The van der Waals surface area contributed by atoms with Crippen LogP contribution in [0.1, 0.15) is 38.7 Å². The van der Waals surface area contributed by atoms with Gasteiger partial charge in [-0.25, -0.2) is 0 Å². The number of nitro groups is 1. The molecule has 104 valence electrons. The lowest BCUT2D eigenvalue weighted by Gasteiger charge is -2.30. The van der Waals surface area contributed by atoms with Gasteiger partial charge in [-0.15, -0.1) is 0 Å². The van der Waals surface area contributed by atoms with Crippen LogP contribution in [0.15, 0.2) is 18.2 Å². The van der Waals surface area contributed by atoms with E-state index >= 15 is 0 Å². The molecule has 19 heavy (non-hydrogen) atoms. The Kier molecular flexibility index (Phi) is 4.04. The van der Waals surface area contributed by atoms with Crippen LogP contribution in [0.4, 0.5) is 11.4 Å². The second-order valence-corrected chi connectivity index (χ2v) is 5.12. The Hall–Kier alpha value is -1.62. The summed E-state index contributed by atoms with van der Waals surface area (Å²) in [5, 5.41) is 20.2. The van der Waals surface area contributed by atoms with E-state index < -0.39 is 4.92 Å². The van der Waals surface area contributed by atoms with Crippen molar-refractivity contribution in [3.63, 3.8) is 0 Å². The fraction of sp³-hybridized carbons (Fsp3) is 0.571. The summed E-state index contributed by atoms with van der Waals surface area (Å²) in [7, 11) is 0. The van der Waals surface area contributed by atoms with Crippen molar-refractivity contribution in [1.29, 1.82) is 0 Å². The van der Waals surface area contributed by atoms with Gasteiger partial charge in [0.1, 0.15) is 0 Å². The van der Waals surface area contributed by atoms with Gasteiger partial charge in [0.15, 0.2) is 0 Å². The van der Waals surface area contributed by atoms with E-state index in [1.807, 2.05) is 0 Å². The van der Waals surface area contributed by atoms with Crippen LogP contribution in [-0.2, 0) is 6.61 Å². The lowest BCUT2D eigenvalue weighted by molar-refractivity contribution is -0.385. The summed E-state index contributed by atoms with van der Waals surface area (Å²) in [5.41, 5.74) is 1.36. The lowest BCUT2D eigenvalue weighted by atomic mass is 10.1. The first-order chi connectivity index (χ1) is 9.08. The van der Waals surface area contributed by atoms with E-state index in [9.17, 15) is 15.2 Å². The summed E-state index contributed by atoms with van der Waals surface area (Å²) >= 11 is 0. The summed E-state index contributed by atoms with van der Waals surface area (Å²) in [6.45, 7) is 4.03. The van der Waals surface area contributed by atoms with Gasteiger partial charge in [-0.2, -0.15) is 0 Å². The van der Waals surface area contributed by atoms with Gasteiger partial charge >= 0.3 is 0 Å². The zero-order valence-electron chi connectivity index (χ0n) is 11.4. The van der Waals surface area contributed by atoms with E-state index in [0.717, 1.165) is 24.9 Å². The highest BCUT2D eigenvalue weighted by Gasteiger charge is 2.30. The molecule has 5 heteroatoms. The van der Waals surface area contributed by atoms with E-state index in [4.69, 9.17) is 0 Å². The fourth-order valence-corrected chi connectivity index (χ4v) is 2.98. The molecule has 1 fully saturated rings. The quantitative estimate of drug-likeness (QED) is 0.670. The average molecular weight is 264 g/mol. The van der Waals surface area contributed by atoms with Crippen molar-refractivity contribution >= 4 is 11.4 Å². The molecular weight excluding hydrogens is 244 g/mol. The van der Waals surface area contributed by atoms with Crippen molar-refractivity contribution in [3.8, 4) is 0 Å². The van der Waals surface area contributed by atoms with Gasteiger partial charge in [0, 0.05) is 23.8 Å². The van der Waals surface area contributed by atoms with Crippen LogP contribution in [0.25, 0.3) is 0 Å². The number of rotatable bonds is 4. The minimum absolute atomic E-state index is 0.00820. The Labute approximate surface area is 113 Å². The van der Waals surface area contributed by atoms with Crippen LogP contribution in [0.3, 0.4) is 0 Å². The second kappa shape index (κ2) is 5.57. The predicted octanol–water partition coefficient (Wildman–Crippen LogP) is 2.85. The highest BCUT2D eigenvalue weighted by Crippen LogP contribution is 2.34. The second-order valence-electron chi connectivity index (χ2n) is 5.12. The average Bonchev–Trinajstić information content (AvgIpc) is 2.78. The van der Waals surface area contributed by atoms with Crippen molar-refractivity contribution in [1.82, 2.24) is 0 Å². The fourth-order valence-electron chi connectivity index (χ4n) is 2.98. The van der Waals surface area contributed by atoms with Crippen LogP contribution in [0.5, 0.6) is 0 Å². The molecule has 1 aromatic carbocycles. The number of anilines is 1. The largest absolute Gasteiger partial charge is 0.391 e. The summed E-state index contributed by atoms with van der Waals surface area (Å²) in [6.07, 6.45) is 3.36. The zero-order valence-corrected chi connectivity index (χ0v) is 11.4. The van der Waals surface area contributed by atoms with Crippen molar-refractivity contribution in [3.05, 3.63) is 33.9 Å². The molecule has 0 spiro atoms. The normalized spacial score (nSPS) is 22.8. The third-order valence-corrected chi connectivity index (χ3v) is 3.99. The molecule has 5 nitrogen and oxygen atoms in total. The van der Waals surface area contributed by atoms with Crippen molar-refractivity contribution in [2.45, 2.75) is 51.8 Å². The van der Waals surface area contributed by atoms with Gasteiger partial charge in [-0.3, -0.25) is 10.1 Å². The Morgan fingerprint density at radius 1 is 1.47 bits per heavy atom. The summed E-state index contributed by atoms with van der Waals surface area (Å²) in [5.74, 6) is 0. The van der Waals surface area contributed by atoms with Gasteiger partial charge in [0.05, 0.1) is 17.1 Å². The number of nitro benzene ring substituents is 1. The first-order valence-corrected chi connectivity index (χ1v) is 6.75. The summed E-state index contributed by atoms with van der Waals surface area (Å²) in [4.78, 5) is 12.8. The molecule has 2 atom stereocenters. The maximum atomic E-state index is 10.9. The smallest absolute Gasteiger partial charge is 0.275 e. The predicted molar refractivity (Wildman–Crippen MR) is 74.3 cm³/mol. The molecule has 0 saturated carbocycles. The number of hydrogen-bond acceptors (Lipinski definition) is 4. The van der Waals surface area contributed by atoms with E-state index in [1.165, 1.54) is 6.07 Å². The third kappa shape index (κ3) is 2.56. The number of hydrogen-bond donors (Lipinski definition) is 1. The molecule has 0 aliphatic carbocycles. The minimum Gasteiger partial charge on any atom is -0.391 e. The molecule has 1 N–H and O–H groups in total. The molecule has 1 aliphatic heterocycles. The molecule has 0 bridgehead atoms. The SMILES string of the molecule is CCC1CCC(C)N1c1ccc([N+](=O)[O-])c(CO)c1. The molecular formula is C14H20N2O3. The lowest BCUT2D eigenvalue weighted by Crippen LogP contribution is -2.34. The monoisotopic (exact) mass is 264 g/mol. The summed E-state index contributed by atoms with van der Waals surface area (Å²) < 4.78 is 0. The van der Waals surface area contributed by atoms with Crippen LogP contribution < -0.4 is 4.90 Å². The van der Waals surface area contributed by atoms with Gasteiger partial charge in [0.25, 0.3) is 5.69 Å². The van der Waals surface area contributed by atoms with Gasteiger partial charge in [0.2, 0.25) is 0 Å². The number of nitrogens with zero attached hydrogens (tertiary/aromatic N) is 2. The van der Waals surface area contributed by atoms with Crippen molar-refractivity contribution < 1.29 is 10.0 Å². The van der Waals surface area contributed by atoms with E-state index in [-0.39, 0.29) is 12.3 Å². The van der Waals surface area contributed by atoms with Crippen molar-refractivity contribution in [2.24, 2.45) is 0 Å². The van der Waals surface area contributed by atoms with Crippen LogP contribution in [0.2, 0.25) is 0 Å².